The van der Waals surface area contributed by atoms with E-state index in [-0.39, 0.29) is 11.6 Å². The molecule has 2 N–H and O–H groups in total. The second-order valence-electron chi connectivity index (χ2n) is 8.46. The van der Waals surface area contributed by atoms with Crippen LogP contribution >= 0.6 is 11.8 Å². The molecule has 0 spiro atoms. The minimum atomic E-state index is -4.74. The van der Waals surface area contributed by atoms with E-state index in [4.69, 9.17) is 5.73 Å². The second kappa shape index (κ2) is 12.0. The molecule has 1 fully saturated rings. The number of para-hydroxylation sites is 1. The molecule has 38 heavy (non-hydrogen) atoms. The van der Waals surface area contributed by atoms with Crippen LogP contribution in [-0.4, -0.2) is 35.8 Å². The van der Waals surface area contributed by atoms with Crippen molar-refractivity contribution in [3.63, 3.8) is 0 Å². The van der Waals surface area contributed by atoms with Gasteiger partial charge in [0.1, 0.15) is 17.9 Å². The standard InChI is InChI=1S/C27H25F3N6OS/c1-18(2)23-5-3-4-6-24(23)36-17-38-26(36)35-34-15-19-7-9-20(10-8-19)25(31)33-16-32-21-11-13-22(14-12-21)37-27(28,29)30/h3-16,18H,17H2,1-2H3,(H2,31,32,33)/b34-15-,35-26+. The fourth-order valence-corrected chi connectivity index (χ4v) is 4.23. The average molecular weight is 539 g/mol. The van der Waals surface area contributed by atoms with Crippen molar-refractivity contribution >= 4 is 46.7 Å². The Kier molecular flexibility index (Phi) is 8.47. The van der Waals surface area contributed by atoms with E-state index in [2.05, 4.69) is 55.8 Å². The second-order valence-corrected chi connectivity index (χ2v) is 9.38. The minimum absolute atomic E-state index is 0.236. The number of nitrogens with zero attached hydrogens (tertiary/aromatic N) is 5. The third kappa shape index (κ3) is 7.22. The van der Waals surface area contributed by atoms with Gasteiger partial charge in [0.15, 0.2) is 5.17 Å². The predicted molar refractivity (Wildman–Crippen MR) is 149 cm³/mol. The van der Waals surface area contributed by atoms with Crippen LogP contribution in [0.4, 0.5) is 24.5 Å². The Hall–Kier alpha value is -4.12. The number of thioether (sulfide) groups is 1. The van der Waals surface area contributed by atoms with Gasteiger partial charge < -0.3 is 15.4 Å². The predicted octanol–water partition coefficient (Wildman–Crippen LogP) is 6.67. The van der Waals surface area contributed by atoms with E-state index >= 15 is 0 Å². The van der Waals surface area contributed by atoms with E-state index in [1.807, 2.05) is 24.3 Å². The number of amidine groups is 2. The highest BCUT2D eigenvalue weighted by atomic mass is 32.2. The largest absolute Gasteiger partial charge is 0.573 e. The molecule has 0 radical (unpaired) electrons. The fraction of sp³-hybridized carbons (Fsp3) is 0.185. The summed E-state index contributed by atoms with van der Waals surface area (Å²) in [5.41, 5.74) is 10.4. The van der Waals surface area contributed by atoms with Crippen LogP contribution in [-0.2, 0) is 0 Å². The van der Waals surface area contributed by atoms with Gasteiger partial charge in [-0.25, -0.2) is 9.98 Å². The molecular weight excluding hydrogens is 513 g/mol. The van der Waals surface area contributed by atoms with Crippen molar-refractivity contribution in [3.8, 4) is 5.75 Å². The Morgan fingerprint density at radius 2 is 1.74 bits per heavy atom. The number of rotatable bonds is 8. The first-order valence-electron chi connectivity index (χ1n) is 11.6. The van der Waals surface area contributed by atoms with Crippen LogP contribution < -0.4 is 15.4 Å². The SMILES string of the molecule is CC(C)c1ccccc1N1CS/C1=N/N=C\c1ccc(C(N)=NC=Nc2ccc(OC(F)(F)F)cc2)cc1. The van der Waals surface area contributed by atoms with Crippen LogP contribution in [0.1, 0.15) is 36.5 Å². The van der Waals surface area contributed by atoms with Crippen molar-refractivity contribution in [2.45, 2.75) is 26.1 Å². The number of aliphatic imine (C=N–C) groups is 2. The van der Waals surface area contributed by atoms with Crippen LogP contribution in [0.2, 0.25) is 0 Å². The van der Waals surface area contributed by atoms with Crippen LogP contribution in [0.3, 0.4) is 0 Å². The molecule has 1 saturated heterocycles. The molecule has 1 aliphatic rings. The fourth-order valence-electron chi connectivity index (χ4n) is 3.51. The number of hydrogen-bond acceptors (Lipinski definition) is 5. The van der Waals surface area contributed by atoms with Crippen LogP contribution in [0.15, 0.2) is 93.0 Å². The maximum atomic E-state index is 12.2. The third-order valence-electron chi connectivity index (χ3n) is 5.43. The maximum Gasteiger partial charge on any atom is 0.573 e. The summed E-state index contributed by atoms with van der Waals surface area (Å²) >= 11 is 1.65. The number of benzene rings is 3. The Bertz CT molecular complexity index is 1370. The molecule has 11 heteroatoms. The van der Waals surface area contributed by atoms with Gasteiger partial charge in [-0.3, -0.25) is 0 Å². The summed E-state index contributed by atoms with van der Waals surface area (Å²) in [7, 11) is 0. The number of alkyl halides is 3. The molecule has 0 unspecified atom stereocenters. The molecule has 0 aromatic heterocycles. The minimum Gasteiger partial charge on any atom is -0.406 e. The van der Waals surface area contributed by atoms with E-state index in [1.54, 1.807) is 30.1 Å². The Morgan fingerprint density at radius 3 is 2.37 bits per heavy atom. The molecule has 0 bridgehead atoms. The van der Waals surface area contributed by atoms with Gasteiger partial charge in [-0.15, -0.1) is 18.3 Å². The number of nitrogens with two attached hydrogens (primary N) is 1. The summed E-state index contributed by atoms with van der Waals surface area (Å²) in [6, 6.07) is 20.7. The zero-order valence-electron chi connectivity index (χ0n) is 20.6. The van der Waals surface area contributed by atoms with E-state index < -0.39 is 6.36 Å². The molecule has 0 aliphatic carbocycles. The Balaban J connectivity index is 1.34. The zero-order valence-corrected chi connectivity index (χ0v) is 21.4. The summed E-state index contributed by atoms with van der Waals surface area (Å²) in [5.74, 6) is 1.16. The van der Waals surface area contributed by atoms with Crippen molar-refractivity contribution in [1.29, 1.82) is 0 Å². The Labute approximate surface area is 222 Å². The average Bonchev–Trinajstić information content (AvgIpc) is 2.86. The molecular formula is C27H25F3N6OS. The van der Waals surface area contributed by atoms with Crippen molar-refractivity contribution in [2.24, 2.45) is 25.9 Å². The third-order valence-corrected chi connectivity index (χ3v) is 6.38. The van der Waals surface area contributed by atoms with Gasteiger partial charge in [-0.2, -0.15) is 5.10 Å². The van der Waals surface area contributed by atoms with E-state index in [0.29, 0.717) is 17.2 Å². The first-order valence-corrected chi connectivity index (χ1v) is 12.6. The lowest BCUT2D eigenvalue weighted by atomic mass is 10.0. The lowest BCUT2D eigenvalue weighted by molar-refractivity contribution is -0.274. The van der Waals surface area contributed by atoms with Gasteiger partial charge in [0.05, 0.1) is 17.8 Å². The number of ether oxygens (including phenoxy) is 1. The highest BCUT2D eigenvalue weighted by Crippen LogP contribution is 2.35. The van der Waals surface area contributed by atoms with Crippen molar-refractivity contribution in [3.05, 3.63) is 89.5 Å². The van der Waals surface area contributed by atoms with Crippen LogP contribution in [0, 0.1) is 0 Å². The van der Waals surface area contributed by atoms with Gasteiger partial charge >= 0.3 is 6.36 Å². The molecule has 1 aliphatic heterocycles. The van der Waals surface area contributed by atoms with Crippen LogP contribution in [0.25, 0.3) is 0 Å². The maximum absolute atomic E-state index is 12.2. The van der Waals surface area contributed by atoms with E-state index in [1.165, 1.54) is 36.2 Å². The summed E-state index contributed by atoms with van der Waals surface area (Å²) in [4.78, 5) is 10.3. The van der Waals surface area contributed by atoms with Crippen molar-refractivity contribution < 1.29 is 17.9 Å². The van der Waals surface area contributed by atoms with Crippen LogP contribution in [0.5, 0.6) is 5.75 Å². The number of halogens is 3. The molecule has 0 atom stereocenters. The highest BCUT2D eigenvalue weighted by Gasteiger charge is 2.31. The summed E-state index contributed by atoms with van der Waals surface area (Å²) in [6.45, 7) is 4.35. The summed E-state index contributed by atoms with van der Waals surface area (Å²) in [5, 5.41) is 9.47. The quantitative estimate of drug-likeness (QED) is 0.197. The molecule has 196 valence electrons. The summed E-state index contributed by atoms with van der Waals surface area (Å²) in [6.07, 6.45) is -1.83. The topological polar surface area (TPSA) is 87.9 Å². The Morgan fingerprint density at radius 1 is 1.03 bits per heavy atom. The van der Waals surface area contributed by atoms with Gasteiger partial charge in [-0.1, -0.05) is 68.1 Å². The van der Waals surface area contributed by atoms with Crippen molar-refractivity contribution in [2.75, 3.05) is 10.8 Å². The lowest BCUT2D eigenvalue weighted by Crippen LogP contribution is -2.39. The van der Waals surface area contributed by atoms with Gasteiger partial charge in [0.25, 0.3) is 0 Å². The molecule has 4 rings (SSSR count). The smallest absolute Gasteiger partial charge is 0.406 e. The normalized spacial score (nSPS) is 15.6. The first-order chi connectivity index (χ1) is 18.2. The van der Waals surface area contributed by atoms with E-state index in [0.717, 1.165) is 22.3 Å². The van der Waals surface area contributed by atoms with Gasteiger partial charge in [0.2, 0.25) is 0 Å². The molecule has 0 amide bonds. The van der Waals surface area contributed by atoms with Crippen molar-refractivity contribution in [1.82, 2.24) is 0 Å². The molecule has 0 saturated carbocycles. The summed E-state index contributed by atoms with van der Waals surface area (Å²) < 4.78 is 40.5. The monoisotopic (exact) mass is 538 g/mol. The molecule has 7 nitrogen and oxygen atoms in total. The molecule has 3 aromatic carbocycles. The molecule has 3 aromatic rings. The number of hydrogen-bond donors (Lipinski definition) is 1. The first kappa shape index (κ1) is 26.9. The van der Waals surface area contributed by atoms with Gasteiger partial charge in [-0.05, 0) is 47.4 Å². The lowest BCUT2D eigenvalue weighted by Gasteiger charge is -2.34. The number of anilines is 1. The highest BCUT2D eigenvalue weighted by molar-refractivity contribution is 8.16. The zero-order chi connectivity index (χ0) is 27.1. The van der Waals surface area contributed by atoms with E-state index in [9.17, 15) is 13.2 Å². The molecule has 1 heterocycles. The van der Waals surface area contributed by atoms with Gasteiger partial charge in [0, 0.05) is 11.3 Å².